The summed E-state index contributed by atoms with van der Waals surface area (Å²) in [6, 6.07) is 8.29. The van der Waals surface area contributed by atoms with Crippen LogP contribution in [0.5, 0.6) is 0 Å². The van der Waals surface area contributed by atoms with Gasteiger partial charge in [0.15, 0.2) is 0 Å². The topological polar surface area (TPSA) is 75.6 Å². The van der Waals surface area contributed by atoms with Gasteiger partial charge in [-0.05, 0) is 49.7 Å². The zero-order valence-electron chi connectivity index (χ0n) is 15.6. The zero-order chi connectivity index (χ0) is 18.7. The van der Waals surface area contributed by atoms with Crippen molar-refractivity contribution in [1.82, 2.24) is 5.32 Å². The van der Waals surface area contributed by atoms with E-state index in [-0.39, 0.29) is 18.4 Å². The van der Waals surface area contributed by atoms with Gasteiger partial charge in [0.05, 0.1) is 12.7 Å². The summed E-state index contributed by atoms with van der Waals surface area (Å²) < 4.78 is 5.92. The minimum Gasteiger partial charge on any atom is -0.481 e. The number of aryl methyl sites for hydroxylation is 1. The lowest BCUT2D eigenvalue weighted by atomic mass is 10.00. The summed E-state index contributed by atoms with van der Waals surface area (Å²) in [5.41, 5.74) is 2.35. The molecule has 2 N–H and O–H groups in total. The molecule has 0 aliphatic heterocycles. The minimum atomic E-state index is -0.730. The van der Waals surface area contributed by atoms with Crippen LogP contribution in [0.3, 0.4) is 0 Å². The molecule has 1 aromatic rings. The first-order chi connectivity index (χ1) is 11.9. The highest BCUT2D eigenvalue weighted by atomic mass is 16.5. The van der Waals surface area contributed by atoms with E-state index in [9.17, 15) is 9.59 Å². The van der Waals surface area contributed by atoms with Crippen molar-refractivity contribution in [2.24, 2.45) is 5.92 Å². The SMILES string of the molecule is CNC(=O)CC[C@H](C)[C@@H](C)OCc1ccc(CCCCC(=O)O)cc1. The van der Waals surface area contributed by atoms with Crippen LogP contribution in [-0.2, 0) is 27.4 Å². The van der Waals surface area contributed by atoms with Crippen molar-refractivity contribution in [2.75, 3.05) is 7.05 Å². The predicted octanol–water partition coefficient (Wildman–Crippen LogP) is 3.55. The number of carboxylic acids is 1. The van der Waals surface area contributed by atoms with E-state index < -0.39 is 5.97 Å². The number of hydrogen-bond donors (Lipinski definition) is 2. The van der Waals surface area contributed by atoms with Crippen LogP contribution >= 0.6 is 0 Å². The first kappa shape index (κ1) is 21.2. The van der Waals surface area contributed by atoms with Crippen molar-refractivity contribution < 1.29 is 19.4 Å². The van der Waals surface area contributed by atoms with Crippen molar-refractivity contribution in [3.8, 4) is 0 Å². The number of amides is 1. The second-order valence-electron chi connectivity index (χ2n) is 6.62. The first-order valence-corrected chi connectivity index (χ1v) is 9.04. The number of hydrogen-bond acceptors (Lipinski definition) is 3. The number of unbranched alkanes of at least 4 members (excludes halogenated alkanes) is 1. The monoisotopic (exact) mass is 349 g/mol. The Balaban J connectivity index is 2.30. The molecular weight excluding hydrogens is 318 g/mol. The fraction of sp³-hybridized carbons (Fsp3) is 0.600. The second-order valence-corrected chi connectivity index (χ2v) is 6.62. The van der Waals surface area contributed by atoms with Crippen LogP contribution in [0.4, 0.5) is 0 Å². The first-order valence-electron chi connectivity index (χ1n) is 9.04. The van der Waals surface area contributed by atoms with E-state index in [1.54, 1.807) is 7.05 Å². The zero-order valence-corrected chi connectivity index (χ0v) is 15.6. The molecule has 0 aromatic heterocycles. The van der Waals surface area contributed by atoms with E-state index in [1.165, 1.54) is 5.56 Å². The van der Waals surface area contributed by atoms with E-state index in [2.05, 4.69) is 36.5 Å². The summed E-state index contributed by atoms with van der Waals surface area (Å²) in [4.78, 5) is 21.8. The van der Waals surface area contributed by atoms with Crippen LogP contribution in [0.1, 0.15) is 57.1 Å². The maximum atomic E-state index is 11.3. The molecule has 0 aliphatic carbocycles. The molecule has 25 heavy (non-hydrogen) atoms. The summed E-state index contributed by atoms with van der Waals surface area (Å²) in [6.07, 6.45) is 4.19. The molecule has 0 aliphatic rings. The Bertz CT molecular complexity index is 527. The van der Waals surface area contributed by atoms with Gasteiger partial charge in [-0.3, -0.25) is 9.59 Å². The Labute approximate surface area is 150 Å². The van der Waals surface area contributed by atoms with Gasteiger partial charge in [0.1, 0.15) is 0 Å². The summed E-state index contributed by atoms with van der Waals surface area (Å²) in [7, 11) is 1.66. The Kier molecular flexibility index (Phi) is 9.85. The predicted molar refractivity (Wildman–Crippen MR) is 98.3 cm³/mol. The van der Waals surface area contributed by atoms with Crippen LogP contribution < -0.4 is 5.32 Å². The molecule has 2 atom stereocenters. The van der Waals surface area contributed by atoms with Crippen molar-refractivity contribution in [3.63, 3.8) is 0 Å². The van der Waals surface area contributed by atoms with Gasteiger partial charge in [-0.15, -0.1) is 0 Å². The molecule has 0 heterocycles. The fourth-order valence-electron chi connectivity index (χ4n) is 2.52. The quantitative estimate of drug-likeness (QED) is 0.566. The van der Waals surface area contributed by atoms with Crippen LogP contribution in [0.25, 0.3) is 0 Å². The fourth-order valence-corrected chi connectivity index (χ4v) is 2.52. The van der Waals surface area contributed by atoms with Crippen LogP contribution in [0.15, 0.2) is 24.3 Å². The average molecular weight is 349 g/mol. The van der Waals surface area contributed by atoms with Gasteiger partial charge in [-0.1, -0.05) is 31.2 Å². The number of benzene rings is 1. The number of aliphatic carboxylic acids is 1. The number of nitrogens with one attached hydrogen (secondary N) is 1. The molecule has 1 rings (SSSR count). The number of carbonyl (C=O) groups excluding carboxylic acids is 1. The molecular formula is C20H31NO4. The van der Waals surface area contributed by atoms with Gasteiger partial charge in [-0.25, -0.2) is 0 Å². The van der Waals surface area contributed by atoms with Crippen LogP contribution in [-0.4, -0.2) is 30.1 Å². The molecule has 0 bridgehead atoms. The van der Waals surface area contributed by atoms with E-state index in [4.69, 9.17) is 9.84 Å². The lowest BCUT2D eigenvalue weighted by Crippen LogP contribution is -2.22. The molecule has 1 amide bonds. The van der Waals surface area contributed by atoms with E-state index in [0.29, 0.717) is 25.4 Å². The van der Waals surface area contributed by atoms with Gasteiger partial charge in [0, 0.05) is 19.9 Å². The molecule has 0 saturated carbocycles. The molecule has 140 valence electrons. The van der Waals surface area contributed by atoms with Crippen molar-refractivity contribution >= 4 is 11.9 Å². The molecule has 5 heteroatoms. The minimum absolute atomic E-state index is 0.0676. The third-order valence-electron chi connectivity index (χ3n) is 4.55. The lowest BCUT2D eigenvalue weighted by molar-refractivity contribution is -0.137. The highest BCUT2D eigenvalue weighted by Gasteiger charge is 2.14. The van der Waals surface area contributed by atoms with Crippen molar-refractivity contribution in [2.45, 2.75) is 65.1 Å². The third-order valence-corrected chi connectivity index (χ3v) is 4.55. The average Bonchev–Trinajstić information content (AvgIpc) is 2.61. The number of rotatable bonds is 12. The molecule has 1 aromatic carbocycles. The summed E-state index contributed by atoms with van der Waals surface area (Å²) in [5.74, 6) is -0.338. The highest BCUT2D eigenvalue weighted by Crippen LogP contribution is 2.16. The summed E-state index contributed by atoms with van der Waals surface area (Å²) in [5, 5.41) is 11.3. The molecule has 5 nitrogen and oxygen atoms in total. The standard InChI is InChI=1S/C20H31NO4/c1-15(8-13-19(22)21-3)16(2)25-14-18-11-9-17(10-12-18)6-4-5-7-20(23)24/h9-12,15-16H,4-8,13-14H2,1-3H3,(H,21,22)(H,23,24)/t15-,16+/m0/s1. The molecule has 0 fully saturated rings. The van der Waals surface area contributed by atoms with Crippen LogP contribution in [0.2, 0.25) is 0 Å². The maximum absolute atomic E-state index is 11.3. The summed E-state index contributed by atoms with van der Waals surface area (Å²) in [6.45, 7) is 4.71. The smallest absolute Gasteiger partial charge is 0.303 e. The number of carboxylic acid groups (broad SMARTS) is 1. The Morgan fingerprint density at radius 3 is 2.32 bits per heavy atom. The molecule has 0 radical (unpaired) electrons. The van der Waals surface area contributed by atoms with Gasteiger partial charge < -0.3 is 15.2 Å². The van der Waals surface area contributed by atoms with E-state index in [0.717, 1.165) is 24.8 Å². The Morgan fingerprint density at radius 1 is 1.08 bits per heavy atom. The Morgan fingerprint density at radius 2 is 1.72 bits per heavy atom. The lowest BCUT2D eigenvalue weighted by Gasteiger charge is -2.20. The largest absolute Gasteiger partial charge is 0.481 e. The maximum Gasteiger partial charge on any atom is 0.303 e. The van der Waals surface area contributed by atoms with Crippen molar-refractivity contribution in [1.29, 1.82) is 0 Å². The van der Waals surface area contributed by atoms with Gasteiger partial charge in [0.25, 0.3) is 0 Å². The highest BCUT2D eigenvalue weighted by molar-refractivity contribution is 5.75. The van der Waals surface area contributed by atoms with Gasteiger partial charge in [-0.2, -0.15) is 0 Å². The third kappa shape index (κ3) is 9.25. The number of ether oxygens (including phenoxy) is 1. The molecule has 0 spiro atoms. The van der Waals surface area contributed by atoms with Gasteiger partial charge >= 0.3 is 5.97 Å². The van der Waals surface area contributed by atoms with E-state index >= 15 is 0 Å². The van der Waals surface area contributed by atoms with Gasteiger partial charge in [0.2, 0.25) is 5.91 Å². The molecule has 0 saturated heterocycles. The van der Waals surface area contributed by atoms with Crippen LogP contribution in [0, 0.1) is 5.92 Å². The Hall–Kier alpha value is -1.88. The number of carbonyl (C=O) groups is 2. The van der Waals surface area contributed by atoms with E-state index in [1.807, 2.05) is 6.92 Å². The normalized spacial score (nSPS) is 13.2. The molecule has 0 unspecified atom stereocenters. The summed E-state index contributed by atoms with van der Waals surface area (Å²) >= 11 is 0. The second kappa shape index (κ2) is 11.6. The van der Waals surface area contributed by atoms with Crippen molar-refractivity contribution in [3.05, 3.63) is 35.4 Å².